The van der Waals surface area contributed by atoms with Gasteiger partial charge in [0.2, 0.25) is 5.91 Å². The third kappa shape index (κ3) is 3.48. The molecule has 1 unspecified atom stereocenters. The van der Waals surface area contributed by atoms with E-state index in [1.165, 1.54) is 16.7 Å². The molecule has 5 heteroatoms. The van der Waals surface area contributed by atoms with E-state index < -0.39 is 0 Å². The Labute approximate surface area is 183 Å². The van der Waals surface area contributed by atoms with E-state index in [1.807, 2.05) is 30.1 Å². The SMILES string of the molecule is CCC1(C(=O)NC(C2=Cc3cccnc3Cc3ccc(C)cc32)c2cncn2C)CC1. The average Bonchev–Trinajstić information content (AvgIpc) is 3.50. The zero-order valence-corrected chi connectivity index (χ0v) is 18.4. The molecular formula is C26H28N4O. The number of fused-ring (bicyclic) bond motifs is 2. The number of imidazole rings is 1. The molecule has 1 aromatic carbocycles. The van der Waals surface area contributed by atoms with E-state index >= 15 is 0 Å². The zero-order chi connectivity index (χ0) is 21.6. The number of nitrogens with one attached hydrogen (secondary N) is 1. The summed E-state index contributed by atoms with van der Waals surface area (Å²) in [5.41, 5.74) is 7.62. The molecule has 0 spiro atoms. The van der Waals surface area contributed by atoms with Crippen LogP contribution in [0.5, 0.6) is 0 Å². The predicted octanol–water partition coefficient (Wildman–Crippen LogP) is 4.62. The lowest BCUT2D eigenvalue weighted by molar-refractivity contribution is -0.126. The van der Waals surface area contributed by atoms with Crippen LogP contribution in [-0.2, 0) is 18.3 Å². The predicted molar refractivity (Wildman–Crippen MR) is 122 cm³/mol. The number of aromatic nitrogens is 3. The average molecular weight is 413 g/mol. The maximum Gasteiger partial charge on any atom is 0.227 e. The molecule has 2 aliphatic rings. The summed E-state index contributed by atoms with van der Waals surface area (Å²) < 4.78 is 2.00. The lowest BCUT2D eigenvalue weighted by Gasteiger charge is -2.26. The second kappa shape index (κ2) is 7.49. The van der Waals surface area contributed by atoms with E-state index in [2.05, 4.69) is 59.5 Å². The molecule has 1 N–H and O–H groups in total. The Morgan fingerprint density at radius 2 is 2.13 bits per heavy atom. The normalized spacial score (nSPS) is 17.1. The molecule has 2 aliphatic carbocycles. The molecule has 0 bridgehead atoms. The van der Waals surface area contributed by atoms with Crippen molar-refractivity contribution in [1.82, 2.24) is 19.9 Å². The Bertz CT molecular complexity index is 1190. The standard InChI is InChI=1S/C26H28N4O/c1-4-26(9-10-26)25(31)29-24(23-15-27-16-30(23)3)21-13-19-6-5-11-28-22(19)14-18-8-7-17(2)12-20(18)21/h5-8,11-13,15-16,24H,4,9-10,14H2,1-3H3,(H,29,31). The third-order valence-corrected chi connectivity index (χ3v) is 6.92. The van der Waals surface area contributed by atoms with Crippen LogP contribution in [0.4, 0.5) is 0 Å². The molecule has 31 heavy (non-hydrogen) atoms. The van der Waals surface area contributed by atoms with Crippen LogP contribution in [0.2, 0.25) is 0 Å². The van der Waals surface area contributed by atoms with Crippen molar-refractivity contribution < 1.29 is 4.79 Å². The molecule has 2 heterocycles. The summed E-state index contributed by atoms with van der Waals surface area (Å²) in [5, 5.41) is 3.41. The number of carbonyl (C=O) groups is 1. The van der Waals surface area contributed by atoms with Gasteiger partial charge in [0, 0.05) is 25.1 Å². The van der Waals surface area contributed by atoms with E-state index in [4.69, 9.17) is 0 Å². The second-order valence-corrected chi connectivity index (χ2v) is 8.95. The van der Waals surface area contributed by atoms with Gasteiger partial charge in [-0.3, -0.25) is 9.78 Å². The van der Waals surface area contributed by atoms with Crippen molar-refractivity contribution in [3.8, 4) is 0 Å². The number of hydrogen-bond donors (Lipinski definition) is 1. The summed E-state index contributed by atoms with van der Waals surface area (Å²) in [5.74, 6) is 0.145. The first-order chi connectivity index (χ1) is 15.0. The van der Waals surface area contributed by atoms with Crippen LogP contribution in [-0.4, -0.2) is 20.4 Å². The van der Waals surface area contributed by atoms with Crippen LogP contribution in [0.15, 0.2) is 49.1 Å². The summed E-state index contributed by atoms with van der Waals surface area (Å²) in [6.07, 6.45) is 11.3. The molecule has 0 saturated heterocycles. The summed E-state index contributed by atoms with van der Waals surface area (Å²) >= 11 is 0. The Hall–Kier alpha value is -3.21. The fourth-order valence-corrected chi connectivity index (χ4v) is 4.64. The lowest BCUT2D eigenvalue weighted by atomic mass is 9.90. The monoisotopic (exact) mass is 412 g/mol. The first-order valence-electron chi connectivity index (χ1n) is 11.0. The molecule has 5 nitrogen and oxygen atoms in total. The zero-order valence-electron chi connectivity index (χ0n) is 18.4. The highest BCUT2D eigenvalue weighted by Crippen LogP contribution is 2.49. The highest BCUT2D eigenvalue weighted by Gasteiger charge is 2.48. The highest BCUT2D eigenvalue weighted by molar-refractivity contribution is 5.92. The van der Waals surface area contributed by atoms with Crippen LogP contribution < -0.4 is 5.32 Å². The van der Waals surface area contributed by atoms with Gasteiger partial charge >= 0.3 is 0 Å². The number of pyridine rings is 1. The van der Waals surface area contributed by atoms with Gasteiger partial charge in [-0.1, -0.05) is 36.8 Å². The van der Waals surface area contributed by atoms with Gasteiger partial charge < -0.3 is 9.88 Å². The maximum atomic E-state index is 13.3. The molecule has 0 aliphatic heterocycles. The minimum Gasteiger partial charge on any atom is -0.343 e. The van der Waals surface area contributed by atoms with E-state index in [9.17, 15) is 4.79 Å². The quantitative estimate of drug-likeness (QED) is 0.665. The van der Waals surface area contributed by atoms with Crippen LogP contribution in [0.3, 0.4) is 0 Å². The molecule has 0 radical (unpaired) electrons. The lowest BCUT2D eigenvalue weighted by Crippen LogP contribution is -2.36. The van der Waals surface area contributed by atoms with Crippen molar-refractivity contribution in [2.75, 3.05) is 0 Å². The molecule has 3 aromatic rings. The molecule has 1 fully saturated rings. The fraction of sp³-hybridized carbons (Fsp3) is 0.346. The van der Waals surface area contributed by atoms with Gasteiger partial charge in [-0.25, -0.2) is 4.98 Å². The Balaban J connectivity index is 1.69. The maximum absolute atomic E-state index is 13.3. The topological polar surface area (TPSA) is 59.8 Å². The molecular weight excluding hydrogens is 384 g/mol. The van der Waals surface area contributed by atoms with E-state index in [0.717, 1.165) is 48.2 Å². The molecule has 1 saturated carbocycles. The fourth-order valence-electron chi connectivity index (χ4n) is 4.64. The van der Waals surface area contributed by atoms with Gasteiger partial charge in [-0.2, -0.15) is 0 Å². The van der Waals surface area contributed by atoms with Gasteiger partial charge in [0.15, 0.2) is 0 Å². The first-order valence-corrected chi connectivity index (χ1v) is 11.0. The van der Waals surface area contributed by atoms with E-state index in [-0.39, 0.29) is 17.4 Å². The van der Waals surface area contributed by atoms with Crippen molar-refractivity contribution in [2.24, 2.45) is 12.5 Å². The van der Waals surface area contributed by atoms with Crippen molar-refractivity contribution in [3.63, 3.8) is 0 Å². The van der Waals surface area contributed by atoms with E-state index in [0.29, 0.717) is 0 Å². The van der Waals surface area contributed by atoms with Crippen LogP contribution in [0.1, 0.15) is 65.9 Å². The van der Waals surface area contributed by atoms with Crippen molar-refractivity contribution >= 4 is 17.6 Å². The molecule has 1 atom stereocenters. The Kier molecular flexibility index (Phi) is 4.77. The van der Waals surface area contributed by atoms with Gasteiger partial charge in [-0.05, 0) is 60.6 Å². The van der Waals surface area contributed by atoms with Crippen LogP contribution in [0, 0.1) is 12.3 Å². The molecule has 5 rings (SSSR count). The van der Waals surface area contributed by atoms with Crippen LogP contribution >= 0.6 is 0 Å². The highest BCUT2D eigenvalue weighted by atomic mass is 16.2. The second-order valence-electron chi connectivity index (χ2n) is 8.95. The van der Waals surface area contributed by atoms with Crippen LogP contribution in [0.25, 0.3) is 11.6 Å². The largest absolute Gasteiger partial charge is 0.343 e. The molecule has 1 amide bonds. The first kappa shape index (κ1) is 19.7. The smallest absolute Gasteiger partial charge is 0.227 e. The van der Waals surface area contributed by atoms with Gasteiger partial charge in [0.1, 0.15) is 0 Å². The molecule has 2 aromatic heterocycles. The Morgan fingerprint density at radius 3 is 2.84 bits per heavy atom. The minimum absolute atomic E-state index is 0.145. The summed E-state index contributed by atoms with van der Waals surface area (Å²) in [6, 6.07) is 10.4. The molecule has 158 valence electrons. The number of carbonyl (C=O) groups excluding carboxylic acids is 1. The van der Waals surface area contributed by atoms with Gasteiger partial charge in [0.05, 0.1) is 30.0 Å². The van der Waals surface area contributed by atoms with Crippen molar-refractivity contribution in [1.29, 1.82) is 0 Å². The summed E-state index contributed by atoms with van der Waals surface area (Å²) in [7, 11) is 1.98. The number of benzene rings is 1. The van der Waals surface area contributed by atoms with Crippen molar-refractivity contribution in [3.05, 3.63) is 82.7 Å². The third-order valence-electron chi connectivity index (χ3n) is 6.92. The van der Waals surface area contributed by atoms with Crippen molar-refractivity contribution in [2.45, 2.75) is 45.6 Å². The van der Waals surface area contributed by atoms with E-state index in [1.54, 1.807) is 6.33 Å². The number of amides is 1. The summed E-state index contributed by atoms with van der Waals surface area (Å²) in [4.78, 5) is 22.4. The Morgan fingerprint density at radius 1 is 1.29 bits per heavy atom. The van der Waals surface area contributed by atoms with Gasteiger partial charge in [0.25, 0.3) is 0 Å². The number of nitrogens with zero attached hydrogens (tertiary/aromatic N) is 3. The summed E-state index contributed by atoms with van der Waals surface area (Å²) in [6.45, 7) is 4.22. The number of hydrogen-bond acceptors (Lipinski definition) is 3. The number of aryl methyl sites for hydroxylation is 2. The van der Waals surface area contributed by atoms with Gasteiger partial charge in [-0.15, -0.1) is 0 Å². The number of rotatable bonds is 5. The minimum atomic E-state index is -0.282.